The lowest BCUT2D eigenvalue weighted by Crippen LogP contribution is -2.29. The van der Waals surface area contributed by atoms with Crippen molar-refractivity contribution in [3.05, 3.63) is 58.0 Å². The van der Waals surface area contributed by atoms with Crippen LogP contribution < -0.4 is 4.74 Å². The topological polar surface area (TPSA) is 97.1 Å². The summed E-state index contributed by atoms with van der Waals surface area (Å²) in [6.07, 6.45) is 3.77. The minimum absolute atomic E-state index is 0.124. The lowest BCUT2D eigenvalue weighted by Gasteiger charge is -2.15. The molecular formula is C18H20ClN5O3. The van der Waals surface area contributed by atoms with E-state index >= 15 is 0 Å². The largest absolute Gasteiger partial charge is 0.484 e. The van der Waals surface area contributed by atoms with Crippen LogP contribution in [0.2, 0.25) is 5.02 Å². The summed E-state index contributed by atoms with van der Waals surface area (Å²) >= 11 is 5.86. The first-order chi connectivity index (χ1) is 12.9. The van der Waals surface area contributed by atoms with Crippen molar-refractivity contribution in [3.8, 4) is 5.75 Å². The molecule has 0 aliphatic carbocycles. The van der Waals surface area contributed by atoms with Gasteiger partial charge in [-0.2, -0.15) is 5.10 Å². The first-order valence-electron chi connectivity index (χ1n) is 8.39. The second kappa shape index (κ2) is 8.22. The van der Waals surface area contributed by atoms with Crippen molar-refractivity contribution in [2.24, 2.45) is 0 Å². The number of aryl methyl sites for hydroxylation is 2. The summed E-state index contributed by atoms with van der Waals surface area (Å²) in [5.74, 6) is 0.733. The van der Waals surface area contributed by atoms with Crippen molar-refractivity contribution in [1.29, 1.82) is 0 Å². The quantitative estimate of drug-likeness (QED) is 0.667. The predicted octanol–water partition coefficient (Wildman–Crippen LogP) is 2.96. The average molecular weight is 390 g/mol. The fourth-order valence-corrected chi connectivity index (χ4v) is 2.79. The van der Waals surface area contributed by atoms with Crippen LogP contribution in [0.3, 0.4) is 0 Å². The van der Waals surface area contributed by atoms with Crippen molar-refractivity contribution < 1.29 is 14.1 Å². The van der Waals surface area contributed by atoms with Gasteiger partial charge in [-0.05, 0) is 25.8 Å². The van der Waals surface area contributed by atoms with E-state index in [1.54, 1.807) is 30.3 Å². The lowest BCUT2D eigenvalue weighted by molar-refractivity contribution is 0.0786. The zero-order chi connectivity index (χ0) is 19.4. The zero-order valence-corrected chi connectivity index (χ0v) is 16.1. The van der Waals surface area contributed by atoms with Gasteiger partial charge in [0.15, 0.2) is 11.5 Å². The fraction of sp³-hybridized carbons (Fsp3) is 0.333. The predicted molar refractivity (Wildman–Crippen MR) is 98.8 cm³/mol. The van der Waals surface area contributed by atoms with E-state index in [0.29, 0.717) is 29.5 Å². The van der Waals surface area contributed by atoms with Crippen molar-refractivity contribution in [1.82, 2.24) is 25.2 Å². The van der Waals surface area contributed by atoms with E-state index in [4.69, 9.17) is 20.9 Å². The van der Waals surface area contributed by atoms with Gasteiger partial charge in [0.2, 0.25) is 0 Å². The Morgan fingerprint density at radius 2 is 2.15 bits per heavy atom. The first-order valence-corrected chi connectivity index (χ1v) is 8.76. The maximum atomic E-state index is 12.5. The SMILES string of the molecule is Cc1n[nH]c(C)c1CCN(C)C(=O)c1cc(COc2cncc(Cl)c2)on1. The maximum Gasteiger partial charge on any atom is 0.275 e. The van der Waals surface area contributed by atoms with Crippen LogP contribution in [0.25, 0.3) is 0 Å². The molecule has 0 spiro atoms. The standard InChI is InChI=1S/C18H20ClN5O3/c1-11-16(12(2)22-21-11)4-5-24(3)18(25)17-7-15(27-23-17)10-26-14-6-13(19)8-20-9-14/h6-9H,4-5,10H2,1-3H3,(H,21,22). The molecule has 0 aromatic carbocycles. The molecule has 0 saturated heterocycles. The third-order valence-electron chi connectivity index (χ3n) is 4.16. The Hall–Kier alpha value is -2.87. The highest BCUT2D eigenvalue weighted by atomic mass is 35.5. The van der Waals surface area contributed by atoms with Gasteiger partial charge in [0.05, 0.1) is 16.9 Å². The molecular weight excluding hydrogens is 370 g/mol. The number of aromatic nitrogens is 4. The molecule has 3 heterocycles. The Bertz CT molecular complexity index is 917. The Kier molecular flexibility index (Phi) is 5.75. The van der Waals surface area contributed by atoms with Gasteiger partial charge in [-0.1, -0.05) is 16.8 Å². The Labute approximate surface area is 161 Å². The summed E-state index contributed by atoms with van der Waals surface area (Å²) in [7, 11) is 1.73. The minimum Gasteiger partial charge on any atom is -0.484 e. The number of hydrogen-bond donors (Lipinski definition) is 1. The van der Waals surface area contributed by atoms with E-state index in [1.807, 2.05) is 13.8 Å². The van der Waals surface area contributed by atoms with Gasteiger partial charge in [-0.15, -0.1) is 0 Å². The molecule has 0 saturated carbocycles. The Morgan fingerprint density at radius 1 is 1.33 bits per heavy atom. The molecule has 0 atom stereocenters. The molecule has 142 valence electrons. The summed E-state index contributed by atoms with van der Waals surface area (Å²) in [6.45, 7) is 4.59. The van der Waals surface area contributed by atoms with Crippen LogP contribution in [0.1, 0.15) is 33.2 Å². The van der Waals surface area contributed by atoms with Gasteiger partial charge >= 0.3 is 0 Å². The van der Waals surface area contributed by atoms with Gasteiger partial charge in [0, 0.05) is 37.6 Å². The summed E-state index contributed by atoms with van der Waals surface area (Å²) in [5, 5.41) is 11.4. The van der Waals surface area contributed by atoms with E-state index in [0.717, 1.165) is 17.0 Å². The normalized spacial score (nSPS) is 10.8. The lowest BCUT2D eigenvalue weighted by atomic mass is 10.1. The Morgan fingerprint density at radius 3 is 2.85 bits per heavy atom. The number of hydrogen-bond acceptors (Lipinski definition) is 6. The summed E-state index contributed by atoms with van der Waals surface area (Å²) in [6, 6.07) is 3.22. The number of carbonyl (C=O) groups excluding carboxylic acids is 1. The number of rotatable bonds is 7. The second-order valence-electron chi connectivity index (χ2n) is 6.20. The smallest absolute Gasteiger partial charge is 0.275 e. The molecule has 0 aliphatic rings. The molecule has 8 nitrogen and oxygen atoms in total. The van der Waals surface area contributed by atoms with Gasteiger partial charge in [0.1, 0.15) is 12.4 Å². The monoisotopic (exact) mass is 389 g/mol. The van der Waals surface area contributed by atoms with Crippen molar-refractivity contribution >= 4 is 17.5 Å². The molecule has 3 aromatic heterocycles. The van der Waals surface area contributed by atoms with E-state index in [-0.39, 0.29) is 18.2 Å². The molecule has 3 rings (SSSR count). The number of pyridine rings is 1. The molecule has 0 radical (unpaired) electrons. The number of aromatic amines is 1. The van der Waals surface area contributed by atoms with Gasteiger partial charge in [-0.3, -0.25) is 14.9 Å². The highest BCUT2D eigenvalue weighted by Gasteiger charge is 2.18. The molecule has 1 N–H and O–H groups in total. The molecule has 0 bridgehead atoms. The molecule has 27 heavy (non-hydrogen) atoms. The zero-order valence-electron chi connectivity index (χ0n) is 15.3. The number of likely N-dealkylation sites (N-methyl/N-ethyl adjacent to an activating group) is 1. The number of halogens is 1. The van der Waals surface area contributed by atoms with Crippen molar-refractivity contribution in [2.45, 2.75) is 26.9 Å². The molecule has 3 aromatic rings. The number of ether oxygens (including phenoxy) is 1. The van der Waals surface area contributed by atoms with Gasteiger partial charge in [0.25, 0.3) is 5.91 Å². The molecule has 0 aliphatic heterocycles. The molecule has 0 fully saturated rings. The second-order valence-corrected chi connectivity index (χ2v) is 6.63. The maximum absolute atomic E-state index is 12.5. The molecule has 0 unspecified atom stereocenters. The third-order valence-corrected chi connectivity index (χ3v) is 4.37. The van der Waals surface area contributed by atoms with Crippen LogP contribution in [0, 0.1) is 13.8 Å². The van der Waals surface area contributed by atoms with Crippen LogP contribution in [0.4, 0.5) is 0 Å². The van der Waals surface area contributed by atoms with Crippen LogP contribution in [0.5, 0.6) is 5.75 Å². The highest BCUT2D eigenvalue weighted by molar-refractivity contribution is 6.30. The minimum atomic E-state index is -0.215. The number of carbonyl (C=O) groups is 1. The van der Waals surface area contributed by atoms with E-state index in [2.05, 4.69) is 20.3 Å². The first kappa shape index (κ1) is 18.9. The fourth-order valence-electron chi connectivity index (χ4n) is 2.63. The summed E-state index contributed by atoms with van der Waals surface area (Å²) in [4.78, 5) is 18.1. The number of amides is 1. The third kappa shape index (κ3) is 4.65. The average Bonchev–Trinajstić information content (AvgIpc) is 3.24. The van der Waals surface area contributed by atoms with Crippen LogP contribution >= 0.6 is 11.6 Å². The summed E-state index contributed by atoms with van der Waals surface area (Å²) in [5.41, 5.74) is 3.33. The van der Waals surface area contributed by atoms with Crippen LogP contribution in [0.15, 0.2) is 29.0 Å². The number of nitrogens with one attached hydrogen (secondary N) is 1. The van der Waals surface area contributed by atoms with Crippen LogP contribution in [-0.2, 0) is 13.0 Å². The van der Waals surface area contributed by atoms with E-state index in [9.17, 15) is 4.79 Å². The number of H-pyrrole nitrogens is 1. The van der Waals surface area contributed by atoms with E-state index < -0.39 is 0 Å². The summed E-state index contributed by atoms with van der Waals surface area (Å²) < 4.78 is 10.7. The highest BCUT2D eigenvalue weighted by Crippen LogP contribution is 2.17. The van der Waals surface area contributed by atoms with Crippen molar-refractivity contribution in [3.63, 3.8) is 0 Å². The van der Waals surface area contributed by atoms with Gasteiger partial charge < -0.3 is 14.2 Å². The van der Waals surface area contributed by atoms with Crippen LogP contribution in [-0.4, -0.2) is 44.7 Å². The van der Waals surface area contributed by atoms with E-state index in [1.165, 1.54) is 6.20 Å². The van der Waals surface area contributed by atoms with Crippen molar-refractivity contribution in [2.75, 3.05) is 13.6 Å². The molecule has 9 heteroatoms. The molecule has 1 amide bonds. The number of nitrogens with zero attached hydrogens (tertiary/aromatic N) is 4. The van der Waals surface area contributed by atoms with Gasteiger partial charge in [-0.25, -0.2) is 0 Å². The Balaban J connectivity index is 1.55.